The van der Waals surface area contributed by atoms with Crippen molar-refractivity contribution in [3.05, 3.63) is 23.8 Å². The van der Waals surface area contributed by atoms with Crippen molar-refractivity contribution < 1.29 is 14.2 Å². The molecule has 0 radical (unpaired) electrons. The minimum atomic E-state index is -0.275. The third-order valence-corrected chi connectivity index (χ3v) is 3.05. The molecule has 0 fully saturated rings. The van der Waals surface area contributed by atoms with E-state index in [1.165, 1.54) is 5.56 Å². The van der Waals surface area contributed by atoms with E-state index in [1.807, 2.05) is 6.07 Å². The summed E-state index contributed by atoms with van der Waals surface area (Å²) in [5.74, 6) is 0.818. The average molecular weight is 267 g/mol. The van der Waals surface area contributed by atoms with Crippen molar-refractivity contribution in [3.8, 4) is 5.75 Å². The molecule has 0 unspecified atom stereocenters. The molecule has 0 heterocycles. The van der Waals surface area contributed by atoms with E-state index in [9.17, 15) is 0 Å². The number of benzene rings is 1. The van der Waals surface area contributed by atoms with Crippen LogP contribution in [0, 0.1) is 0 Å². The van der Waals surface area contributed by atoms with E-state index >= 15 is 0 Å². The second-order valence-corrected chi connectivity index (χ2v) is 5.45. The van der Waals surface area contributed by atoms with Crippen LogP contribution in [0.1, 0.15) is 26.3 Å². The third kappa shape index (κ3) is 4.40. The van der Waals surface area contributed by atoms with Gasteiger partial charge in [0.2, 0.25) is 0 Å². The summed E-state index contributed by atoms with van der Waals surface area (Å²) in [5, 5.41) is 3.30. The van der Waals surface area contributed by atoms with Crippen LogP contribution in [0.4, 0.5) is 5.69 Å². The van der Waals surface area contributed by atoms with E-state index in [4.69, 9.17) is 14.2 Å². The Morgan fingerprint density at radius 2 is 1.74 bits per heavy atom. The number of hydrogen-bond donors (Lipinski definition) is 1. The van der Waals surface area contributed by atoms with Crippen LogP contribution in [0.25, 0.3) is 0 Å². The molecule has 0 saturated heterocycles. The average Bonchev–Trinajstić information content (AvgIpc) is 2.38. The lowest BCUT2D eigenvalue weighted by Crippen LogP contribution is -2.24. The molecular weight excluding hydrogens is 242 g/mol. The van der Waals surface area contributed by atoms with Crippen molar-refractivity contribution >= 4 is 5.69 Å². The van der Waals surface area contributed by atoms with Crippen LogP contribution in [0.3, 0.4) is 0 Å². The largest absolute Gasteiger partial charge is 0.495 e. The molecule has 4 heteroatoms. The van der Waals surface area contributed by atoms with E-state index < -0.39 is 0 Å². The highest BCUT2D eigenvalue weighted by molar-refractivity contribution is 5.59. The number of rotatable bonds is 6. The lowest BCUT2D eigenvalue weighted by molar-refractivity contribution is -0.0914. The summed E-state index contributed by atoms with van der Waals surface area (Å²) >= 11 is 0. The smallest absolute Gasteiger partial charge is 0.173 e. The first-order valence-electron chi connectivity index (χ1n) is 6.40. The molecule has 1 aromatic carbocycles. The Morgan fingerprint density at radius 1 is 1.11 bits per heavy atom. The summed E-state index contributed by atoms with van der Waals surface area (Å²) in [6.45, 7) is 7.13. The lowest BCUT2D eigenvalue weighted by atomic mass is 9.87. The van der Waals surface area contributed by atoms with Gasteiger partial charge in [0.1, 0.15) is 5.75 Å². The minimum absolute atomic E-state index is 0.102. The van der Waals surface area contributed by atoms with Crippen LogP contribution in [0.15, 0.2) is 18.2 Å². The second kappa shape index (κ2) is 6.78. The predicted molar refractivity (Wildman–Crippen MR) is 78.0 cm³/mol. The third-order valence-electron chi connectivity index (χ3n) is 3.05. The van der Waals surface area contributed by atoms with Gasteiger partial charge in [-0.2, -0.15) is 0 Å². The maximum atomic E-state index is 5.37. The first kappa shape index (κ1) is 15.8. The van der Waals surface area contributed by atoms with Gasteiger partial charge in [-0.15, -0.1) is 0 Å². The van der Waals surface area contributed by atoms with Crippen LogP contribution in [0.5, 0.6) is 5.75 Å². The van der Waals surface area contributed by atoms with E-state index in [0.717, 1.165) is 11.4 Å². The first-order valence-corrected chi connectivity index (χ1v) is 6.40. The Hall–Kier alpha value is -1.26. The zero-order chi connectivity index (χ0) is 14.5. The summed E-state index contributed by atoms with van der Waals surface area (Å²) in [5.41, 5.74) is 2.31. The molecule has 0 aliphatic rings. The summed E-state index contributed by atoms with van der Waals surface area (Å²) in [6.07, 6.45) is -0.275. The number of hydrogen-bond acceptors (Lipinski definition) is 4. The quantitative estimate of drug-likeness (QED) is 0.804. The topological polar surface area (TPSA) is 39.7 Å². The van der Waals surface area contributed by atoms with Gasteiger partial charge in [0.15, 0.2) is 6.29 Å². The van der Waals surface area contributed by atoms with E-state index in [0.29, 0.717) is 6.54 Å². The van der Waals surface area contributed by atoms with Crippen LogP contribution in [-0.4, -0.2) is 34.2 Å². The Bertz CT molecular complexity index is 395. The highest BCUT2D eigenvalue weighted by Gasteiger charge is 2.16. The molecule has 1 rings (SSSR count). The van der Waals surface area contributed by atoms with E-state index in [-0.39, 0.29) is 11.7 Å². The predicted octanol–water partition coefficient (Wildman–Crippen LogP) is 3.02. The van der Waals surface area contributed by atoms with Crippen molar-refractivity contribution in [2.45, 2.75) is 32.5 Å². The minimum Gasteiger partial charge on any atom is -0.495 e. The first-order chi connectivity index (χ1) is 8.92. The molecule has 0 spiro atoms. The van der Waals surface area contributed by atoms with Gasteiger partial charge >= 0.3 is 0 Å². The summed E-state index contributed by atoms with van der Waals surface area (Å²) in [4.78, 5) is 0. The maximum Gasteiger partial charge on any atom is 0.173 e. The molecule has 0 aliphatic heterocycles. The molecule has 108 valence electrons. The molecule has 0 aliphatic carbocycles. The molecule has 0 saturated carbocycles. The summed E-state index contributed by atoms with van der Waals surface area (Å²) in [7, 11) is 4.92. The van der Waals surface area contributed by atoms with Gasteiger partial charge in [0.25, 0.3) is 0 Å². The number of methoxy groups -OCH3 is 3. The number of ether oxygens (including phenoxy) is 3. The maximum absolute atomic E-state index is 5.37. The van der Waals surface area contributed by atoms with E-state index in [2.05, 4.69) is 38.2 Å². The van der Waals surface area contributed by atoms with Crippen LogP contribution in [0.2, 0.25) is 0 Å². The fourth-order valence-electron chi connectivity index (χ4n) is 1.77. The summed E-state index contributed by atoms with van der Waals surface area (Å²) < 4.78 is 15.7. The van der Waals surface area contributed by atoms with Crippen LogP contribution < -0.4 is 10.1 Å². The molecule has 19 heavy (non-hydrogen) atoms. The van der Waals surface area contributed by atoms with Crippen molar-refractivity contribution in [2.24, 2.45) is 0 Å². The van der Waals surface area contributed by atoms with Gasteiger partial charge in [0, 0.05) is 14.2 Å². The van der Waals surface area contributed by atoms with Gasteiger partial charge in [-0.25, -0.2) is 0 Å². The highest BCUT2D eigenvalue weighted by Crippen LogP contribution is 2.31. The fourth-order valence-corrected chi connectivity index (χ4v) is 1.77. The van der Waals surface area contributed by atoms with Gasteiger partial charge in [0.05, 0.1) is 19.3 Å². The SMILES string of the molecule is COc1ccc(C(C)(C)C)cc1NCC(OC)OC. The molecule has 4 nitrogen and oxygen atoms in total. The number of anilines is 1. The molecule has 1 aromatic rings. The molecule has 0 aromatic heterocycles. The zero-order valence-corrected chi connectivity index (χ0v) is 12.7. The van der Waals surface area contributed by atoms with Crippen molar-refractivity contribution in [1.82, 2.24) is 0 Å². The Kier molecular flexibility index (Phi) is 5.63. The Morgan fingerprint density at radius 3 is 2.21 bits per heavy atom. The van der Waals surface area contributed by atoms with Crippen molar-refractivity contribution in [2.75, 3.05) is 33.2 Å². The van der Waals surface area contributed by atoms with Gasteiger partial charge in [-0.1, -0.05) is 26.8 Å². The Balaban J connectivity index is 2.90. The molecular formula is C15H25NO3. The second-order valence-electron chi connectivity index (χ2n) is 5.45. The van der Waals surface area contributed by atoms with Crippen molar-refractivity contribution in [1.29, 1.82) is 0 Å². The zero-order valence-electron chi connectivity index (χ0n) is 12.7. The number of nitrogens with one attached hydrogen (secondary N) is 1. The van der Waals surface area contributed by atoms with Gasteiger partial charge in [-0.05, 0) is 23.1 Å². The van der Waals surface area contributed by atoms with Crippen LogP contribution in [-0.2, 0) is 14.9 Å². The van der Waals surface area contributed by atoms with E-state index in [1.54, 1.807) is 21.3 Å². The molecule has 1 N–H and O–H groups in total. The standard InChI is InChI=1S/C15H25NO3/c1-15(2,3)11-7-8-13(17-4)12(9-11)16-10-14(18-5)19-6/h7-9,14,16H,10H2,1-6H3. The van der Waals surface area contributed by atoms with Crippen LogP contribution >= 0.6 is 0 Å². The van der Waals surface area contributed by atoms with Crippen molar-refractivity contribution in [3.63, 3.8) is 0 Å². The molecule has 0 atom stereocenters. The summed E-state index contributed by atoms with van der Waals surface area (Å²) in [6, 6.07) is 6.19. The molecule has 0 amide bonds. The normalized spacial score (nSPS) is 11.7. The Labute approximate surface area is 116 Å². The fraction of sp³-hybridized carbons (Fsp3) is 0.600. The van der Waals surface area contributed by atoms with Gasteiger partial charge < -0.3 is 19.5 Å². The highest BCUT2D eigenvalue weighted by atomic mass is 16.7. The monoisotopic (exact) mass is 267 g/mol. The lowest BCUT2D eigenvalue weighted by Gasteiger charge is -2.22. The molecule has 0 bridgehead atoms. The van der Waals surface area contributed by atoms with Gasteiger partial charge in [-0.3, -0.25) is 0 Å².